The Morgan fingerprint density at radius 1 is 1.14 bits per heavy atom. The van der Waals surface area contributed by atoms with Crippen molar-refractivity contribution in [3.05, 3.63) is 45.8 Å². The highest BCUT2D eigenvalue weighted by Crippen LogP contribution is 2.38. The Labute approximate surface area is 169 Å². The summed E-state index contributed by atoms with van der Waals surface area (Å²) in [6.07, 6.45) is 5.33. The summed E-state index contributed by atoms with van der Waals surface area (Å²) in [6.45, 7) is 5.43. The van der Waals surface area contributed by atoms with Crippen LogP contribution in [-0.2, 0) is 18.7 Å². The molecule has 0 unspecified atom stereocenters. The van der Waals surface area contributed by atoms with E-state index in [0.717, 1.165) is 73.5 Å². The summed E-state index contributed by atoms with van der Waals surface area (Å²) in [4.78, 5) is 26.3. The molecule has 1 saturated carbocycles. The van der Waals surface area contributed by atoms with Gasteiger partial charge in [0.25, 0.3) is 5.56 Å². The van der Waals surface area contributed by atoms with Crippen molar-refractivity contribution in [3.8, 4) is 0 Å². The number of hydrogen-bond acceptors (Lipinski definition) is 7. The first-order chi connectivity index (χ1) is 13.8. The largest absolute Gasteiger partial charge is 0.354 e. The number of thioether (sulfide) groups is 1. The molecule has 1 aliphatic carbocycles. The molecule has 8 heteroatoms. The molecule has 3 aliphatic rings. The summed E-state index contributed by atoms with van der Waals surface area (Å²) in [5, 5.41) is 4.63. The molecule has 2 aliphatic heterocycles. The Morgan fingerprint density at radius 2 is 2.00 bits per heavy atom. The van der Waals surface area contributed by atoms with Gasteiger partial charge in [-0.1, -0.05) is 0 Å². The first-order valence-corrected chi connectivity index (χ1v) is 11.4. The van der Waals surface area contributed by atoms with Crippen molar-refractivity contribution in [2.75, 3.05) is 43.4 Å². The topological polar surface area (TPSA) is 67.2 Å². The van der Waals surface area contributed by atoms with Crippen molar-refractivity contribution in [2.24, 2.45) is 0 Å². The van der Waals surface area contributed by atoms with Gasteiger partial charge in [-0.3, -0.25) is 9.69 Å². The van der Waals surface area contributed by atoms with E-state index in [1.165, 1.54) is 12.8 Å². The lowest BCUT2D eigenvalue weighted by Gasteiger charge is -2.35. The molecule has 2 aromatic heterocycles. The van der Waals surface area contributed by atoms with Crippen LogP contribution in [0.2, 0.25) is 0 Å². The van der Waals surface area contributed by atoms with Crippen molar-refractivity contribution < 1.29 is 0 Å². The van der Waals surface area contributed by atoms with Crippen LogP contribution in [0.15, 0.2) is 23.1 Å². The van der Waals surface area contributed by atoms with Gasteiger partial charge in [0, 0.05) is 63.1 Å². The number of aromatic nitrogens is 4. The number of fused-ring (bicyclic) bond motifs is 1. The van der Waals surface area contributed by atoms with E-state index in [1.54, 1.807) is 10.7 Å². The quantitative estimate of drug-likeness (QED) is 0.756. The minimum absolute atomic E-state index is 0.0356. The smallest absolute Gasteiger partial charge is 0.267 e. The number of anilines is 1. The van der Waals surface area contributed by atoms with E-state index in [9.17, 15) is 4.79 Å². The van der Waals surface area contributed by atoms with E-state index in [2.05, 4.69) is 19.9 Å². The second kappa shape index (κ2) is 7.83. The zero-order valence-electron chi connectivity index (χ0n) is 16.1. The van der Waals surface area contributed by atoms with E-state index in [4.69, 9.17) is 4.98 Å². The third-order valence-electron chi connectivity index (χ3n) is 5.83. The fourth-order valence-corrected chi connectivity index (χ4v) is 4.88. The maximum atomic E-state index is 12.3. The van der Waals surface area contributed by atoms with Crippen LogP contribution in [0.5, 0.6) is 0 Å². The highest BCUT2D eigenvalue weighted by molar-refractivity contribution is 7.98. The van der Waals surface area contributed by atoms with Gasteiger partial charge in [-0.05, 0) is 30.2 Å². The predicted octanol–water partition coefficient (Wildman–Crippen LogP) is 1.52. The van der Waals surface area contributed by atoms with Gasteiger partial charge in [0.1, 0.15) is 11.6 Å². The van der Waals surface area contributed by atoms with Crippen molar-refractivity contribution in [3.63, 3.8) is 0 Å². The molecule has 5 rings (SSSR count). The molecule has 28 heavy (non-hydrogen) atoms. The second-order valence-electron chi connectivity index (χ2n) is 7.86. The number of piperazine rings is 1. The van der Waals surface area contributed by atoms with Crippen molar-refractivity contribution in [1.29, 1.82) is 0 Å². The first-order valence-electron chi connectivity index (χ1n) is 10.2. The molecular formula is C20H26N6OS. The summed E-state index contributed by atoms with van der Waals surface area (Å²) in [5.74, 6) is 4.68. The molecule has 1 saturated heterocycles. The van der Waals surface area contributed by atoms with Crippen LogP contribution in [-0.4, -0.2) is 63.1 Å². The average molecular weight is 399 g/mol. The van der Waals surface area contributed by atoms with Gasteiger partial charge in [-0.25, -0.2) is 14.6 Å². The molecule has 2 aromatic rings. The molecule has 7 nitrogen and oxygen atoms in total. The Morgan fingerprint density at radius 3 is 2.82 bits per heavy atom. The summed E-state index contributed by atoms with van der Waals surface area (Å²) in [7, 11) is 0. The third-order valence-corrected chi connectivity index (χ3v) is 6.84. The molecule has 0 N–H and O–H groups in total. The maximum Gasteiger partial charge on any atom is 0.267 e. The van der Waals surface area contributed by atoms with Gasteiger partial charge >= 0.3 is 0 Å². The van der Waals surface area contributed by atoms with Crippen molar-refractivity contribution >= 4 is 17.6 Å². The van der Waals surface area contributed by atoms with Crippen LogP contribution in [0.4, 0.5) is 5.82 Å². The maximum absolute atomic E-state index is 12.3. The minimum atomic E-state index is 0.0356. The van der Waals surface area contributed by atoms with Gasteiger partial charge in [-0.15, -0.1) is 0 Å². The van der Waals surface area contributed by atoms with Gasteiger partial charge in [0.15, 0.2) is 0 Å². The fourth-order valence-electron chi connectivity index (χ4n) is 3.93. The molecule has 148 valence electrons. The van der Waals surface area contributed by atoms with E-state index >= 15 is 0 Å². The Bertz CT molecular complexity index is 904. The summed E-state index contributed by atoms with van der Waals surface area (Å²) in [6, 6.07) is 3.81. The Kier molecular flexibility index (Phi) is 5.07. The molecular weight excluding hydrogens is 372 g/mol. The molecule has 0 atom stereocenters. The third kappa shape index (κ3) is 3.93. The van der Waals surface area contributed by atoms with Gasteiger partial charge in [-0.2, -0.15) is 16.9 Å². The van der Waals surface area contributed by atoms with Crippen LogP contribution in [0.1, 0.15) is 35.8 Å². The van der Waals surface area contributed by atoms with Gasteiger partial charge in [0.2, 0.25) is 0 Å². The molecule has 0 amide bonds. The van der Waals surface area contributed by atoms with Gasteiger partial charge in [0.05, 0.1) is 12.2 Å². The first kappa shape index (κ1) is 18.1. The molecule has 2 fully saturated rings. The fraction of sp³-hybridized carbons (Fsp3) is 0.600. The lowest BCUT2D eigenvalue weighted by atomic mass is 10.2. The number of aryl methyl sites for hydroxylation is 1. The summed E-state index contributed by atoms with van der Waals surface area (Å²) < 4.78 is 1.66. The summed E-state index contributed by atoms with van der Waals surface area (Å²) >= 11 is 1.88. The monoisotopic (exact) mass is 398 g/mol. The Hall–Kier alpha value is -1.93. The lowest BCUT2D eigenvalue weighted by Crippen LogP contribution is -2.48. The average Bonchev–Trinajstić information content (AvgIpc) is 3.58. The Balaban J connectivity index is 1.17. The summed E-state index contributed by atoms with van der Waals surface area (Å²) in [5.41, 5.74) is 2.27. The van der Waals surface area contributed by atoms with E-state index in [-0.39, 0.29) is 5.56 Å². The minimum Gasteiger partial charge on any atom is -0.354 e. The normalized spacial score (nSPS) is 20.2. The lowest BCUT2D eigenvalue weighted by molar-refractivity contribution is 0.242. The number of hydrogen-bond donors (Lipinski definition) is 0. The highest BCUT2D eigenvalue weighted by atomic mass is 32.2. The van der Waals surface area contributed by atoms with Gasteiger partial charge < -0.3 is 4.90 Å². The highest BCUT2D eigenvalue weighted by Gasteiger charge is 2.27. The van der Waals surface area contributed by atoms with Crippen LogP contribution in [0.25, 0.3) is 0 Å². The second-order valence-corrected chi connectivity index (χ2v) is 8.96. The predicted molar refractivity (Wildman–Crippen MR) is 111 cm³/mol. The molecule has 0 radical (unpaired) electrons. The SMILES string of the molecule is O=c1cc2c(nn1CCN1CCN(c3ccnc(C4CC4)n3)CC1)CCSC2. The molecule has 0 bridgehead atoms. The van der Waals surface area contributed by atoms with Crippen LogP contribution >= 0.6 is 11.8 Å². The zero-order chi connectivity index (χ0) is 18.9. The molecule has 0 spiro atoms. The van der Waals surface area contributed by atoms with E-state index in [0.29, 0.717) is 12.5 Å². The van der Waals surface area contributed by atoms with E-state index < -0.39 is 0 Å². The van der Waals surface area contributed by atoms with E-state index in [1.807, 2.05) is 24.0 Å². The molecule has 0 aromatic carbocycles. The van der Waals surface area contributed by atoms with Crippen LogP contribution < -0.4 is 10.5 Å². The standard InChI is InChI=1S/C20H26N6OS/c27-19-13-16-14-28-12-4-17(16)23-26(19)11-8-24-6-9-25(10-7-24)18-3-5-21-20(22-18)15-1-2-15/h3,5,13,15H,1-2,4,6-12,14H2. The van der Waals surface area contributed by atoms with Crippen molar-refractivity contribution in [1.82, 2.24) is 24.6 Å². The number of rotatable bonds is 5. The molecule has 4 heterocycles. The zero-order valence-corrected chi connectivity index (χ0v) is 16.9. The van der Waals surface area contributed by atoms with Crippen molar-refractivity contribution in [2.45, 2.75) is 37.5 Å². The number of nitrogens with zero attached hydrogens (tertiary/aromatic N) is 6. The van der Waals surface area contributed by atoms with Crippen LogP contribution in [0.3, 0.4) is 0 Å². The van der Waals surface area contributed by atoms with Crippen LogP contribution in [0, 0.1) is 0 Å².